The van der Waals surface area contributed by atoms with Crippen molar-refractivity contribution in [1.29, 1.82) is 0 Å². The van der Waals surface area contributed by atoms with Crippen molar-refractivity contribution in [2.75, 3.05) is 11.1 Å². The number of nitrogens with zero attached hydrogens (tertiary/aromatic N) is 2. The van der Waals surface area contributed by atoms with E-state index in [9.17, 15) is 10.1 Å². The Hall–Kier alpha value is -1.30. The number of aromatic nitrogens is 1. The van der Waals surface area contributed by atoms with Crippen LogP contribution < -0.4 is 5.32 Å². The maximum Gasteiger partial charge on any atom is 0.290 e. The summed E-state index contributed by atoms with van der Waals surface area (Å²) in [6.07, 6.45) is 4.87. The molecule has 1 aliphatic carbocycles. The summed E-state index contributed by atoms with van der Waals surface area (Å²) in [5.41, 5.74) is 0.733. The van der Waals surface area contributed by atoms with Gasteiger partial charge in [-0.2, -0.15) is 11.8 Å². The van der Waals surface area contributed by atoms with E-state index in [1.807, 2.05) is 11.8 Å². The van der Waals surface area contributed by atoms with Crippen LogP contribution in [-0.4, -0.2) is 27.0 Å². The summed E-state index contributed by atoms with van der Waals surface area (Å²) in [5.74, 6) is 1.90. The smallest absolute Gasteiger partial charge is 0.290 e. The van der Waals surface area contributed by atoms with Crippen LogP contribution in [0.4, 0.5) is 11.5 Å². The highest BCUT2D eigenvalue weighted by atomic mass is 32.2. The molecule has 0 bridgehead atoms. The molecule has 1 aromatic heterocycles. The molecule has 0 saturated heterocycles. The lowest BCUT2D eigenvalue weighted by Crippen LogP contribution is -2.17. The third kappa shape index (κ3) is 3.59. The summed E-state index contributed by atoms with van der Waals surface area (Å²) >= 11 is 2.01. The fraction of sp³-hybridized carbons (Fsp3) is 0.615. The van der Waals surface area contributed by atoms with E-state index in [4.69, 9.17) is 0 Å². The minimum absolute atomic E-state index is 0.0800. The van der Waals surface area contributed by atoms with E-state index >= 15 is 0 Å². The maximum absolute atomic E-state index is 10.7. The summed E-state index contributed by atoms with van der Waals surface area (Å²) in [6, 6.07) is 2.20. The van der Waals surface area contributed by atoms with Crippen LogP contribution in [-0.2, 0) is 0 Å². The third-order valence-corrected chi connectivity index (χ3v) is 4.65. The van der Waals surface area contributed by atoms with Gasteiger partial charge in [0.2, 0.25) is 0 Å². The predicted octanol–water partition coefficient (Wildman–Crippen LogP) is 3.38. The van der Waals surface area contributed by atoms with Crippen LogP contribution in [0.15, 0.2) is 12.3 Å². The van der Waals surface area contributed by atoms with Crippen molar-refractivity contribution >= 4 is 23.3 Å². The van der Waals surface area contributed by atoms with Gasteiger partial charge in [-0.05, 0) is 38.0 Å². The lowest BCUT2D eigenvalue weighted by atomic mass is 10.2. The molecule has 6 heteroatoms. The van der Waals surface area contributed by atoms with Gasteiger partial charge >= 0.3 is 0 Å². The number of hydrogen-bond donors (Lipinski definition) is 1. The van der Waals surface area contributed by atoms with Crippen molar-refractivity contribution < 1.29 is 4.92 Å². The van der Waals surface area contributed by atoms with E-state index in [1.165, 1.54) is 12.6 Å². The second kappa shape index (κ2) is 6.23. The first-order chi connectivity index (χ1) is 9.10. The molecule has 1 heterocycles. The van der Waals surface area contributed by atoms with Crippen LogP contribution in [0.3, 0.4) is 0 Å². The monoisotopic (exact) mass is 281 g/mol. The molecule has 5 nitrogen and oxygen atoms in total. The number of aryl methyl sites for hydroxylation is 1. The Kier molecular flexibility index (Phi) is 4.63. The zero-order valence-corrected chi connectivity index (χ0v) is 12.1. The molecule has 2 atom stereocenters. The van der Waals surface area contributed by atoms with Crippen molar-refractivity contribution in [3.05, 3.63) is 27.9 Å². The molecular weight excluding hydrogens is 262 g/mol. The molecular formula is C13H19N3O2S. The van der Waals surface area contributed by atoms with Crippen LogP contribution in [0.1, 0.15) is 31.7 Å². The Morgan fingerprint density at radius 1 is 1.58 bits per heavy atom. The van der Waals surface area contributed by atoms with Gasteiger partial charge in [-0.1, -0.05) is 6.92 Å². The summed E-state index contributed by atoms with van der Waals surface area (Å²) in [5, 5.41) is 14.9. The maximum atomic E-state index is 10.7. The largest absolute Gasteiger partial charge is 0.367 e. The van der Waals surface area contributed by atoms with Gasteiger partial charge < -0.3 is 5.32 Å². The highest BCUT2D eigenvalue weighted by Gasteiger charge is 2.25. The number of rotatable bonds is 5. The van der Waals surface area contributed by atoms with Gasteiger partial charge in [-0.25, -0.2) is 4.98 Å². The quantitative estimate of drug-likeness (QED) is 0.662. The van der Waals surface area contributed by atoms with E-state index in [2.05, 4.69) is 17.2 Å². The van der Waals surface area contributed by atoms with E-state index in [0.717, 1.165) is 29.7 Å². The summed E-state index contributed by atoms with van der Waals surface area (Å²) in [6.45, 7) is 3.93. The average molecular weight is 281 g/mol. The van der Waals surface area contributed by atoms with Crippen LogP contribution in [0.2, 0.25) is 0 Å². The average Bonchev–Trinajstić information content (AvgIpc) is 2.76. The highest BCUT2D eigenvalue weighted by molar-refractivity contribution is 7.99. The predicted molar refractivity (Wildman–Crippen MR) is 78.8 cm³/mol. The molecule has 104 valence electrons. The second-order valence-electron chi connectivity index (χ2n) is 4.84. The molecule has 19 heavy (non-hydrogen) atoms. The van der Waals surface area contributed by atoms with Crippen molar-refractivity contribution in [2.45, 2.75) is 44.4 Å². The van der Waals surface area contributed by atoms with Crippen molar-refractivity contribution in [3.8, 4) is 0 Å². The van der Waals surface area contributed by atoms with E-state index in [1.54, 1.807) is 13.0 Å². The summed E-state index contributed by atoms with van der Waals surface area (Å²) in [4.78, 5) is 14.5. The summed E-state index contributed by atoms with van der Waals surface area (Å²) in [7, 11) is 0. The first-order valence-corrected chi connectivity index (χ1v) is 7.64. The molecule has 0 aromatic carbocycles. The molecule has 1 aromatic rings. The van der Waals surface area contributed by atoms with Gasteiger partial charge in [-0.3, -0.25) is 10.1 Å². The first kappa shape index (κ1) is 14.1. The van der Waals surface area contributed by atoms with Gasteiger partial charge in [0.15, 0.2) is 0 Å². The Morgan fingerprint density at radius 2 is 2.37 bits per heavy atom. The van der Waals surface area contributed by atoms with E-state index < -0.39 is 4.92 Å². The van der Waals surface area contributed by atoms with Gasteiger partial charge in [0.05, 0.1) is 4.92 Å². The van der Waals surface area contributed by atoms with Crippen LogP contribution in [0.25, 0.3) is 0 Å². The van der Waals surface area contributed by atoms with Crippen LogP contribution >= 0.6 is 11.8 Å². The lowest BCUT2D eigenvalue weighted by Gasteiger charge is -2.14. The van der Waals surface area contributed by atoms with Gasteiger partial charge in [0.1, 0.15) is 12.0 Å². The Bertz CT molecular complexity index is 467. The van der Waals surface area contributed by atoms with E-state index in [-0.39, 0.29) is 5.69 Å². The molecule has 2 unspecified atom stereocenters. The van der Waals surface area contributed by atoms with Crippen LogP contribution in [0.5, 0.6) is 0 Å². The van der Waals surface area contributed by atoms with E-state index in [0.29, 0.717) is 11.6 Å². The number of pyridine rings is 1. The second-order valence-corrected chi connectivity index (χ2v) is 6.42. The molecule has 0 spiro atoms. The minimum Gasteiger partial charge on any atom is -0.367 e. The van der Waals surface area contributed by atoms with Crippen LogP contribution in [0, 0.1) is 17.0 Å². The number of hydrogen-bond acceptors (Lipinski definition) is 5. The number of thioether (sulfide) groups is 1. The summed E-state index contributed by atoms with van der Waals surface area (Å²) < 4.78 is 0. The fourth-order valence-corrected chi connectivity index (χ4v) is 3.63. The molecule has 1 N–H and O–H groups in total. The highest BCUT2D eigenvalue weighted by Crippen LogP contribution is 2.31. The zero-order chi connectivity index (χ0) is 13.8. The topological polar surface area (TPSA) is 68.1 Å². The number of anilines is 1. The normalized spacial score (nSPS) is 22.4. The Balaban J connectivity index is 1.97. The lowest BCUT2D eigenvalue weighted by molar-refractivity contribution is -0.385. The van der Waals surface area contributed by atoms with Gasteiger partial charge in [0, 0.05) is 16.9 Å². The molecule has 0 amide bonds. The molecule has 1 aliphatic rings. The Morgan fingerprint density at radius 3 is 3.00 bits per heavy atom. The molecule has 0 radical (unpaired) electrons. The number of nitrogens with one attached hydrogen (secondary N) is 1. The zero-order valence-electron chi connectivity index (χ0n) is 11.3. The molecule has 0 aliphatic heterocycles. The van der Waals surface area contributed by atoms with Crippen molar-refractivity contribution in [2.24, 2.45) is 0 Å². The first-order valence-electron chi connectivity index (χ1n) is 6.59. The standard InChI is InChI=1S/C13H19N3O2S/c1-3-19-11-5-4-10(7-11)15-13-6-9(2)12(8-14-13)16(17)18/h6,8,10-11H,3-5,7H2,1-2H3,(H,14,15). The SMILES string of the molecule is CCSC1CCC(Nc2cc(C)c([N+](=O)[O-])cn2)C1. The van der Waals surface area contributed by atoms with Gasteiger partial charge in [0.25, 0.3) is 5.69 Å². The van der Waals surface area contributed by atoms with Crippen molar-refractivity contribution in [3.63, 3.8) is 0 Å². The molecule has 1 saturated carbocycles. The fourth-order valence-electron chi connectivity index (χ4n) is 2.49. The number of nitro groups is 1. The Labute approximate surface area is 117 Å². The van der Waals surface area contributed by atoms with Crippen molar-refractivity contribution in [1.82, 2.24) is 4.98 Å². The molecule has 2 rings (SSSR count). The minimum atomic E-state index is -0.393. The van der Waals surface area contributed by atoms with Gasteiger partial charge in [-0.15, -0.1) is 0 Å². The molecule has 1 fully saturated rings. The third-order valence-electron chi connectivity index (χ3n) is 3.42.